The summed E-state index contributed by atoms with van der Waals surface area (Å²) in [6, 6.07) is 10.8. The van der Waals surface area contributed by atoms with Crippen LogP contribution >= 0.6 is 0 Å². The minimum Gasteiger partial charge on any atom is -0.398 e. The Kier molecular flexibility index (Phi) is 5.47. The number of hydrogen-bond donors (Lipinski definition) is 1. The molecule has 5 rings (SSSR count). The first-order chi connectivity index (χ1) is 16.4. The standard InChI is InChI=1S/C25H28N6O3/c1-3-29-21-13-18(19(26)14-22(21)30(4-2)25(29)34)23(32)28-11-9-16(10-12-28)31-15-27-20-8-6-5-7-17(20)24(31)33/h5-8,13-16H,3-4,9-12,26H2,1-2H3. The van der Waals surface area contributed by atoms with Crippen molar-refractivity contribution in [2.75, 3.05) is 18.8 Å². The van der Waals surface area contributed by atoms with Crippen molar-refractivity contribution in [2.45, 2.75) is 45.8 Å². The second kappa shape index (κ2) is 8.48. The van der Waals surface area contributed by atoms with Crippen molar-refractivity contribution >= 4 is 33.5 Å². The topological polar surface area (TPSA) is 108 Å². The lowest BCUT2D eigenvalue weighted by Gasteiger charge is -2.33. The number of likely N-dealkylation sites (tertiary alicyclic amines) is 1. The Morgan fingerprint density at radius 3 is 2.35 bits per heavy atom. The highest BCUT2D eigenvalue weighted by Crippen LogP contribution is 2.27. The number of benzene rings is 2. The maximum atomic E-state index is 13.4. The van der Waals surface area contributed by atoms with Crippen LogP contribution < -0.4 is 17.0 Å². The molecule has 4 aromatic rings. The second-order valence-corrected chi connectivity index (χ2v) is 8.70. The van der Waals surface area contributed by atoms with E-state index in [0.29, 0.717) is 61.2 Å². The summed E-state index contributed by atoms with van der Waals surface area (Å²) in [5.41, 5.74) is 9.05. The van der Waals surface area contributed by atoms with E-state index in [2.05, 4.69) is 4.98 Å². The summed E-state index contributed by atoms with van der Waals surface area (Å²) in [7, 11) is 0. The molecule has 2 N–H and O–H groups in total. The van der Waals surface area contributed by atoms with Gasteiger partial charge in [0.2, 0.25) is 0 Å². The number of piperidine rings is 1. The number of aryl methyl sites for hydroxylation is 2. The van der Waals surface area contributed by atoms with Gasteiger partial charge in [-0.15, -0.1) is 0 Å². The van der Waals surface area contributed by atoms with Gasteiger partial charge in [0.25, 0.3) is 11.5 Å². The molecule has 0 radical (unpaired) electrons. The number of amides is 1. The van der Waals surface area contributed by atoms with Crippen LogP contribution in [0.3, 0.4) is 0 Å². The molecule has 0 atom stereocenters. The van der Waals surface area contributed by atoms with E-state index in [9.17, 15) is 14.4 Å². The number of fused-ring (bicyclic) bond motifs is 2. The van der Waals surface area contributed by atoms with Crippen LogP contribution in [-0.2, 0) is 13.1 Å². The van der Waals surface area contributed by atoms with Crippen LogP contribution in [0.15, 0.2) is 52.3 Å². The van der Waals surface area contributed by atoms with Crippen molar-refractivity contribution in [3.63, 3.8) is 0 Å². The first-order valence-corrected chi connectivity index (χ1v) is 11.7. The molecule has 0 saturated carbocycles. The Labute approximate surface area is 196 Å². The van der Waals surface area contributed by atoms with Gasteiger partial charge in [0.05, 0.1) is 33.8 Å². The lowest BCUT2D eigenvalue weighted by atomic mass is 10.0. The van der Waals surface area contributed by atoms with E-state index in [1.165, 1.54) is 0 Å². The molecule has 1 saturated heterocycles. The number of nitrogens with two attached hydrogens (primary N) is 1. The third-order valence-electron chi connectivity index (χ3n) is 6.89. The van der Waals surface area contributed by atoms with Gasteiger partial charge in [-0.2, -0.15) is 0 Å². The molecule has 3 heterocycles. The number of nitrogen functional groups attached to an aromatic ring is 1. The van der Waals surface area contributed by atoms with E-state index in [1.807, 2.05) is 32.0 Å². The van der Waals surface area contributed by atoms with E-state index < -0.39 is 0 Å². The molecule has 9 nitrogen and oxygen atoms in total. The molecule has 2 aromatic heterocycles. The average molecular weight is 461 g/mol. The zero-order chi connectivity index (χ0) is 24.0. The third-order valence-corrected chi connectivity index (χ3v) is 6.89. The minimum absolute atomic E-state index is 0.0164. The maximum absolute atomic E-state index is 13.4. The molecule has 1 aliphatic rings. The van der Waals surface area contributed by atoms with Gasteiger partial charge in [-0.1, -0.05) is 12.1 Å². The summed E-state index contributed by atoms with van der Waals surface area (Å²) in [6.45, 7) is 5.89. The highest BCUT2D eigenvalue weighted by atomic mass is 16.2. The van der Waals surface area contributed by atoms with E-state index >= 15 is 0 Å². The smallest absolute Gasteiger partial charge is 0.329 e. The Balaban J connectivity index is 1.40. The lowest BCUT2D eigenvalue weighted by Crippen LogP contribution is -2.41. The van der Waals surface area contributed by atoms with Gasteiger partial charge in [0.15, 0.2) is 0 Å². The predicted octanol–water partition coefficient (Wildman–Crippen LogP) is 2.61. The van der Waals surface area contributed by atoms with Crippen molar-refractivity contribution in [1.82, 2.24) is 23.6 Å². The number of rotatable bonds is 4. The van der Waals surface area contributed by atoms with Crippen molar-refractivity contribution in [1.29, 1.82) is 0 Å². The SMILES string of the molecule is CCn1c(=O)n(CC)c2cc(C(=O)N3CCC(n4cnc5ccccc5c4=O)CC3)c(N)cc21. The zero-order valence-electron chi connectivity index (χ0n) is 19.4. The van der Waals surface area contributed by atoms with Crippen LogP contribution in [0.1, 0.15) is 43.1 Å². The van der Waals surface area contributed by atoms with Gasteiger partial charge in [-0.3, -0.25) is 23.3 Å². The summed E-state index contributed by atoms with van der Waals surface area (Å²) in [5.74, 6) is -0.152. The van der Waals surface area contributed by atoms with Crippen molar-refractivity contribution < 1.29 is 4.79 Å². The van der Waals surface area contributed by atoms with Crippen LogP contribution in [-0.4, -0.2) is 42.6 Å². The highest BCUT2D eigenvalue weighted by molar-refractivity contribution is 6.03. The molecule has 2 aromatic carbocycles. The average Bonchev–Trinajstić information content (AvgIpc) is 3.12. The number of anilines is 1. The molecular weight excluding hydrogens is 432 g/mol. The number of imidazole rings is 1. The van der Waals surface area contributed by atoms with Gasteiger partial charge in [0, 0.05) is 37.9 Å². The normalized spacial score (nSPS) is 14.8. The molecule has 34 heavy (non-hydrogen) atoms. The molecule has 176 valence electrons. The Hall–Kier alpha value is -3.88. The van der Waals surface area contributed by atoms with Gasteiger partial charge in [-0.25, -0.2) is 9.78 Å². The highest BCUT2D eigenvalue weighted by Gasteiger charge is 2.27. The van der Waals surface area contributed by atoms with E-state index in [4.69, 9.17) is 5.73 Å². The number of hydrogen-bond acceptors (Lipinski definition) is 5. The Morgan fingerprint density at radius 2 is 1.68 bits per heavy atom. The number of nitrogens with zero attached hydrogens (tertiary/aromatic N) is 5. The van der Waals surface area contributed by atoms with Crippen LogP contribution in [0.5, 0.6) is 0 Å². The Bertz CT molecular complexity index is 1520. The molecular formula is C25H28N6O3. The van der Waals surface area contributed by atoms with Crippen molar-refractivity contribution in [3.8, 4) is 0 Å². The van der Waals surface area contributed by atoms with E-state index in [-0.39, 0.29) is 23.2 Å². The molecule has 1 aliphatic heterocycles. The fourth-order valence-corrected chi connectivity index (χ4v) is 5.03. The number of carbonyl (C=O) groups is 1. The van der Waals surface area contributed by atoms with Crippen LogP contribution in [0.2, 0.25) is 0 Å². The van der Waals surface area contributed by atoms with Gasteiger partial charge >= 0.3 is 5.69 Å². The number of aromatic nitrogens is 4. The largest absolute Gasteiger partial charge is 0.398 e. The second-order valence-electron chi connectivity index (χ2n) is 8.70. The first kappa shape index (κ1) is 21.9. The third kappa shape index (κ3) is 3.39. The molecule has 1 fully saturated rings. The summed E-state index contributed by atoms with van der Waals surface area (Å²) >= 11 is 0. The maximum Gasteiger partial charge on any atom is 0.329 e. The van der Waals surface area contributed by atoms with Crippen molar-refractivity contribution in [2.24, 2.45) is 0 Å². The van der Waals surface area contributed by atoms with E-state index in [1.54, 1.807) is 43.1 Å². The summed E-state index contributed by atoms with van der Waals surface area (Å²) < 4.78 is 5.03. The lowest BCUT2D eigenvalue weighted by molar-refractivity contribution is 0.0694. The molecule has 0 bridgehead atoms. The number of carbonyl (C=O) groups excluding carboxylic acids is 1. The molecule has 0 unspecified atom stereocenters. The van der Waals surface area contributed by atoms with Crippen LogP contribution in [0.25, 0.3) is 21.9 Å². The van der Waals surface area contributed by atoms with Crippen LogP contribution in [0, 0.1) is 0 Å². The molecule has 0 spiro atoms. The summed E-state index contributed by atoms with van der Waals surface area (Å²) in [5, 5.41) is 0.602. The predicted molar refractivity (Wildman–Crippen MR) is 132 cm³/mol. The monoisotopic (exact) mass is 460 g/mol. The van der Waals surface area contributed by atoms with E-state index in [0.717, 1.165) is 11.0 Å². The summed E-state index contributed by atoms with van der Waals surface area (Å²) in [4.78, 5) is 45.2. The molecule has 0 aliphatic carbocycles. The zero-order valence-corrected chi connectivity index (χ0v) is 19.4. The van der Waals surface area contributed by atoms with Gasteiger partial charge in [-0.05, 0) is 51.0 Å². The Morgan fingerprint density at radius 1 is 1.03 bits per heavy atom. The number of para-hydroxylation sites is 1. The quantitative estimate of drug-likeness (QED) is 0.471. The van der Waals surface area contributed by atoms with Crippen molar-refractivity contribution in [3.05, 3.63) is 69.1 Å². The van der Waals surface area contributed by atoms with Gasteiger partial charge < -0.3 is 10.6 Å². The minimum atomic E-state index is -0.152. The van der Waals surface area contributed by atoms with Gasteiger partial charge in [0.1, 0.15) is 0 Å². The summed E-state index contributed by atoms with van der Waals surface area (Å²) in [6.07, 6.45) is 2.92. The van der Waals surface area contributed by atoms with Crippen LogP contribution in [0.4, 0.5) is 5.69 Å². The fourth-order valence-electron chi connectivity index (χ4n) is 5.03. The molecule has 9 heteroatoms. The fraction of sp³-hybridized carbons (Fsp3) is 0.360. The molecule has 1 amide bonds. The first-order valence-electron chi connectivity index (χ1n) is 11.7.